The van der Waals surface area contributed by atoms with Gasteiger partial charge in [0.05, 0.1) is 24.8 Å². The average Bonchev–Trinajstić information content (AvgIpc) is 3.76. The van der Waals surface area contributed by atoms with Crippen LogP contribution in [0.3, 0.4) is 0 Å². The number of amides is 1. The van der Waals surface area contributed by atoms with Gasteiger partial charge in [-0.3, -0.25) is 32.7 Å². The largest absolute Gasteiger partial charge is 0.381 e. The standard InChI is InChI=1S/C20H25N5O4.C20H23N5O3/c1-4-9-29-10-8-15-22-18-16(19(27)24(3)20(28)23(18)2)25(15)12-13-6-5-7-14(11-13)17(21)26;1-4-9-28-10-8-16-22-18-17(19(26)24(3)20(27)23(18)2)25(16)13-15-7-5-6-14(11-15)12-21/h5-7,11H,4,8-10,12H2,1-3H3,(H2,21,26);5-7,11H,4,8-10,13H2,1-3H3. The molecule has 0 spiro atoms. The summed E-state index contributed by atoms with van der Waals surface area (Å²) in [6.45, 7) is 6.98. The molecule has 0 aliphatic heterocycles. The zero-order valence-electron chi connectivity index (χ0n) is 33.1. The van der Waals surface area contributed by atoms with Crippen LogP contribution in [0.15, 0.2) is 67.7 Å². The van der Waals surface area contributed by atoms with Gasteiger partial charge in [-0.15, -0.1) is 0 Å². The molecular weight excluding hydrogens is 733 g/mol. The van der Waals surface area contributed by atoms with Crippen LogP contribution in [0.4, 0.5) is 0 Å². The van der Waals surface area contributed by atoms with Crippen molar-refractivity contribution in [1.82, 2.24) is 37.4 Å². The number of ether oxygens (including phenoxy) is 2. The zero-order chi connectivity index (χ0) is 41.4. The van der Waals surface area contributed by atoms with E-state index in [-0.39, 0.29) is 5.56 Å². The number of hydrogen-bond donors (Lipinski definition) is 1. The molecule has 0 aliphatic rings. The van der Waals surface area contributed by atoms with Crippen LogP contribution < -0.4 is 28.2 Å². The molecule has 0 aliphatic carbocycles. The lowest BCUT2D eigenvalue weighted by Crippen LogP contribution is -2.37. The summed E-state index contributed by atoms with van der Waals surface area (Å²) in [7, 11) is 6.10. The summed E-state index contributed by atoms with van der Waals surface area (Å²) < 4.78 is 19.7. The Hall–Kier alpha value is -6.38. The van der Waals surface area contributed by atoms with Crippen LogP contribution in [0.25, 0.3) is 22.3 Å². The molecule has 17 nitrogen and oxygen atoms in total. The first-order valence-electron chi connectivity index (χ1n) is 18.7. The van der Waals surface area contributed by atoms with E-state index < -0.39 is 22.8 Å². The minimum Gasteiger partial charge on any atom is -0.381 e. The van der Waals surface area contributed by atoms with Gasteiger partial charge in [0, 0.05) is 72.9 Å². The van der Waals surface area contributed by atoms with Crippen molar-refractivity contribution in [3.63, 3.8) is 0 Å². The molecular formula is C40H48N10O7. The van der Waals surface area contributed by atoms with E-state index in [1.54, 1.807) is 49.0 Å². The number of aromatic nitrogens is 8. The number of hydrogen-bond acceptors (Lipinski definition) is 10. The SMILES string of the molecule is CCCOCCc1nc2c(c(=O)n(C)c(=O)n2C)n1Cc1cccc(C#N)c1.CCCOCCc1nc2c(c(=O)n(C)c(=O)n2C)n1Cc1cccc(C(N)=O)c1. The lowest BCUT2D eigenvalue weighted by molar-refractivity contribution is 0.1000. The van der Waals surface area contributed by atoms with Gasteiger partial charge in [-0.2, -0.15) is 5.26 Å². The topological polar surface area (TPSA) is 209 Å². The molecule has 4 heterocycles. The van der Waals surface area contributed by atoms with Gasteiger partial charge in [-0.1, -0.05) is 38.1 Å². The van der Waals surface area contributed by atoms with Crippen LogP contribution >= 0.6 is 0 Å². The molecule has 1 amide bonds. The molecule has 0 radical (unpaired) electrons. The van der Waals surface area contributed by atoms with Crippen molar-refractivity contribution in [2.24, 2.45) is 33.9 Å². The highest BCUT2D eigenvalue weighted by Crippen LogP contribution is 2.18. The first-order chi connectivity index (χ1) is 27.3. The Labute approximate surface area is 327 Å². The van der Waals surface area contributed by atoms with E-state index in [2.05, 4.69) is 16.0 Å². The van der Waals surface area contributed by atoms with Gasteiger partial charge in [0.2, 0.25) is 5.91 Å². The van der Waals surface area contributed by atoms with E-state index >= 15 is 0 Å². The summed E-state index contributed by atoms with van der Waals surface area (Å²) >= 11 is 0. The van der Waals surface area contributed by atoms with E-state index in [9.17, 15) is 24.0 Å². The number of nitriles is 1. The highest BCUT2D eigenvalue weighted by atomic mass is 16.5. The fraction of sp³-hybridized carbons (Fsp3) is 0.400. The smallest absolute Gasteiger partial charge is 0.332 e. The van der Waals surface area contributed by atoms with E-state index in [0.717, 1.165) is 33.1 Å². The monoisotopic (exact) mass is 780 g/mol. The molecule has 0 fully saturated rings. The van der Waals surface area contributed by atoms with Crippen LogP contribution in [-0.2, 0) is 63.6 Å². The number of aryl methyl sites for hydroxylation is 2. The lowest BCUT2D eigenvalue weighted by atomic mass is 10.1. The van der Waals surface area contributed by atoms with Crippen LogP contribution in [0.2, 0.25) is 0 Å². The molecule has 0 saturated carbocycles. The summed E-state index contributed by atoms with van der Waals surface area (Å²) in [6, 6.07) is 16.3. The molecule has 17 heteroatoms. The molecule has 4 aromatic heterocycles. The molecule has 57 heavy (non-hydrogen) atoms. The minimum atomic E-state index is -0.520. The number of rotatable bonds is 15. The van der Waals surface area contributed by atoms with Crippen molar-refractivity contribution in [3.8, 4) is 6.07 Å². The predicted octanol–water partition coefficient (Wildman–Crippen LogP) is 1.87. The Kier molecular flexibility index (Phi) is 13.6. The van der Waals surface area contributed by atoms with Gasteiger partial charge in [0.25, 0.3) is 11.1 Å². The van der Waals surface area contributed by atoms with Crippen LogP contribution in [0.5, 0.6) is 0 Å². The molecule has 6 rings (SSSR count). The number of fused-ring (bicyclic) bond motifs is 2. The van der Waals surface area contributed by atoms with Gasteiger partial charge in [0.15, 0.2) is 22.3 Å². The van der Waals surface area contributed by atoms with E-state index in [4.69, 9.17) is 20.5 Å². The average molecular weight is 781 g/mol. The van der Waals surface area contributed by atoms with E-state index in [1.807, 2.05) is 36.6 Å². The Bertz CT molecular complexity index is 2710. The van der Waals surface area contributed by atoms with Gasteiger partial charge < -0.3 is 24.3 Å². The van der Waals surface area contributed by atoms with Crippen molar-refractivity contribution < 1.29 is 14.3 Å². The van der Waals surface area contributed by atoms with Gasteiger partial charge in [-0.25, -0.2) is 19.6 Å². The Morgan fingerprint density at radius 1 is 0.684 bits per heavy atom. The third-order valence-electron chi connectivity index (χ3n) is 9.44. The molecule has 6 aromatic rings. The Morgan fingerprint density at radius 2 is 1.14 bits per heavy atom. The Morgan fingerprint density at radius 3 is 1.58 bits per heavy atom. The fourth-order valence-electron chi connectivity index (χ4n) is 6.45. The van der Waals surface area contributed by atoms with Crippen LogP contribution in [-0.4, -0.2) is 69.7 Å². The van der Waals surface area contributed by atoms with Crippen LogP contribution in [0, 0.1) is 11.3 Å². The van der Waals surface area contributed by atoms with Crippen LogP contribution in [0.1, 0.15) is 65.4 Å². The minimum absolute atomic E-state index is 0.314. The number of nitrogens with two attached hydrogens (primary N) is 1. The number of imidazole rings is 2. The number of carbonyl (C=O) groups excluding carboxylic acids is 1. The summed E-state index contributed by atoms with van der Waals surface area (Å²) in [4.78, 5) is 70.9. The molecule has 2 N–H and O–H groups in total. The summed E-state index contributed by atoms with van der Waals surface area (Å²) in [5.74, 6) is 0.791. The summed E-state index contributed by atoms with van der Waals surface area (Å²) in [5.41, 5.74) is 7.75. The number of benzene rings is 2. The molecule has 0 saturated heterocycles. The second-order valence-electron chi connectivity index (χ2n) is 13.6. The third-order valence-corrected chi connectivity index (χ3v) is 9.44. The first-order valence-corrected chi connectivity index (χ1v) is 18.7. The van der Waals surface area contributed by atoms with Crippen molar-refractivity contribution in [3.05, 3.63) is 124 Å². The second-order valence-corrected chi connectivity index (χ2v) is 13.6. The maximum Gasteiger partial charge on any atom is 0.332 e. The maximum absolute atomic E-state index is 12.9. The van der Waals surface area contributed by atoms with Gasteiger partial charge >= 0.3 is 11.4 Å². The Balaban J connectivity index is 0.000000218. The third kappa shape index (κ3) is 9.03. The zero-order valence-corrected chi connectivity index (χ0v) is 33.1. The van der Waals surface area contributed by atoms with Crippen molar-refractivity contribution in [2.45, 2.75) is 52.6 Å². The quantitative estimate of drug-likeness (QED) is 0.150. The molecule has 300 valence electrons. The van der Waals surface area contributed by atoms with Gasteiger partial charge in [-0.05, 0) is 48.2 Å². The van der Waals surface area contributed by atoms with E-state index in [1.165, 1.54) is 23.2 Å². The molecule has 0 bridgehead atoms. The highest BCUT2D eigenvalue weighted by molar-refractivity contribution is 5.92. The number of carbonyl (C=O) groups is 1. The van der Waals surface area contributed by atoms with Crippen molar-refractivity contribution in [1.29, 1.82) is 5.26 Å². The first kappa shape index (κ1) is 41.8. The normalized spacial score (nSPS) is 11.2. The maximum atomic E-state index is 12.9. The second kappa shape index (κ2) is 18.5. The molecule has 2 aromatic carbocycles. The number of primary amides is 1. The summed E-state index contributed by atoms with van der Waals surface area (Å²) in [5, 5.41) is 9.15. The predicted molar refractivity (Wildman–Crippen MR) is 214 cm³/mol. The van der Waals surface area contributed by atoms with Gasteiger partial charge in [0.1, 0.15) is 11.6 Å². The molecule has 0 atom stereocenters. The van der Waals surface area contributed by atoms with Crippen molar-refractivity contribution in [2.75, 3.05) is 26.4 Å². The number of nitrogens with zero attached hydrogens (tertiary/aromatic N) is 9. The van der Waals surface area contributed by atoms with Crippen molar-refractivity contribution >= 4 is 28.2 Å². The summed E-state index contributed by atoms with van der Waals surface area (Å²) in [6.07, 6.45) is 2.84. The lowest BCUT2D eigenvalue weighted by Gasteiger charge is -2.11. The fourth-order valence-corrected chi connectivity index (χ4v) is 6.45. The molecule has 0 unspecified atom stereocenters. The highest BCUT2D eigenvalue weighted by Gasteiger charge is 2.21. The van der Waals surface area contributed by atoms with E-state index in [0.29, 0.717) is 97.5 Å².